The zero-order valence-corrected chi connectivity index (χ0v) is 13.9. The van der Waals surface area contributed by atoms with Crippen molar-refractivity contribution in [2.24, 2.45) is 0 Å². The number of carbonyl (C=O) groups is 1. The molecule has 0 bridgehead atoms. The molecule has 0 radical (unpaired) electrons. The highest BCUT2D eigenvalue weighted by atomic mass is 16.5. The molecular formula is C19H19N3O2. The number of fused-ring (bicyclic) bond motifs is 2. The number of aromatic nitrogens is 2. The van der Waals surface area contributed by atoms with E-state index in [1.807, 2.05) is 30.3 Å². The van der Waals surface area contributed by atoms with Gasteiger partial charge in [0.1, 0.15) is 11.6 Å². The van der Waals surface area contributed by atoms with E-state index in [1.54, 1.807) is 7.11 Å². The summed E-state index contributed by atoms with van der Waals surface area (Å²) >= 11 is 0. The highest BCUT2D eigenvalue weighted by Crippen LogP contribution is 2.39. The van der Waals surface area contributed by atoms with E-state index in [-0.39, 0.29) is 11.3 Å². The van der Waals surface area contributed by atoms with Crippen LogP contribution < -0.4 is 10.1 Å². The Hall–Kier alpha value is -2.82. The third-order valence-corrected chi connectivity index (χ3v) is 4.59. The van der Waals surface area contributed by atoms with Crippen molar-refractivity contribution < 1.29 is 9.53 Å². The number of anilines is 1. The van der Waals surface area contributed by atoms with Crippen LogP contribution in [0.5, 0.6) is 5.75 Å². The Labute approximate surface area is 140 Å². The monoisotopic (exact) mass is 321 g/mol. The number of rotatable bonds is 2. The van der Waals surface area contributed by atoms with E-state index < -0.39 is 0 Å². The normalized spacial score (nSPS) is 15.9. The SMILES string of the molecule is COc1ccccc1-c1nc2cc3c(cc2[nH]1)C(C)(C)CC(=O)N3. The Morgan fingerprint density at radius 1 is 1.21 bits per heavy atom. The Bertz CT molecular complexity index is 956. The second kappa shape index (κ2) is 5.09. The average molecular weight is 321 g/mol. The first-order valence-electron chi connectivity index (χ1n) is 7.95. The summed E-state index contributed by atoms with van der Waals surface area (Å²) in [5.41, 5.74) is 4.48. The third-order valence-electron chi connectivity index (χ3n) is 4.59. The molecule has 5 nitrogen and oxygen atoms in total. The zero-order valence-electron chi connectivity index (χ0n) is 13.9. The Kier molecular flexibility index (Phi) is 3.13. The molecule has 2 heterocycles. The Morgan fingerprint density at radius 2 is 2.00 bits per heavy atom. The van der Waals surface area contributed by atoms with Crippen LogP contribution in [0.1, 0.15) is 25.8 Å². The number of benzene rings is 2. The van der Waals surface area contributed by atoms with Gasteiger partial charge in [-0.1, -0.05) is 26.0 Å². The fourth-order valence-corrected chi connectivity index (χ4v) is 3.38. The number of ether oxygens (including phenoxy) is 1. The summed E-state index contributed by atoms with van der Waals surface area (Å²) in [6, 6.07) is 11.8. The van der Waals surface area contributed by atoms with Crippen molar-refractivity contribution in [3.63, 3.8) is 0 Å². The molecule has 1 aliphatic heterocycles. The molecule has 1 aromatic heterocycles. The van der Waals surface area contributed by atoms with Crippen molar-refractivity contribution >= 4 is 22.6 Å². The second-order valence-electron chi connectivity index (χ2n) is 6.81. The van der Waals surface area contributed by atoms with Crippen LogP contribution in [0.2, 0.25) is 0 Å². The van der Waals surface area contributed by atoms with Gasteiger partial charge in [0.25, 0.3) is 0 Å². The molecule has 0 saturated carbocycles. The zero-order chi connectivity index (χ0) is 16.9. The topological polar surface area (TPSA) is 67.0 Å². The second-order valence-corrected chi connectivity index (χ2v) is 6.81. The Morgan fingerprint density at radius 3 is 2.79 bits per heavy atom. The number of hydrogen-bond donors (Lipinski definition) is 2. The van der Waals surface area contributed by atoms with Crippen molar-refractivity contribution in [3.05, 3.63) is 42.0 Å². The molecule has 2 N–H and O–H groups in total. The lowest BCUT2D eigenvalue weighted by atomic mass is 9.78. The summed E-state index contributed by atoms with van der Waals surface area (Å²) in [5, 5.41) is 2.96. The standard InChI is InChI=1S/C19H19N3O2/c1-19(2)10-17(23)20-13-9-15-14(8-12(13)19)21-18(22-15)11-6-4-5-7-16(11)24-3/h4-9H,10H2,1-3H3,(H,20,23)(H,21,22). The molecule has 0 fully saturated rings. The molecule has 5 heteroatoms. The molecule has 0 unspecified atom stereocenters. The lowest BCUT2D eigenvalue weighted by Crippen LogP contribution is -2.32. The molecule has 1 aliphatic rings. The lowest BCUT2D eigenvalue weighted by Gasteiger charge is -2.31. The molecule has 0 saturated heterocycles. The van der Waals surface area contributed by atoms with Gasteiger partial charge in [-0.15, -0.1) is 0 Å². The van der Waals surface area contributed by atoms with E-state index in [0.717, 1.165) is 39.4 Å². The van der Waals surface area contributed by atoms with E-state index in [0.29, 0.717) is 6.42 Å². The van der Waals surface area contributed by atoms with Crippen LogP contribution >= 0.6 is 0 Å². The fourth-order valence-electron chi connectivity index (χ4n) is 3.38. The van der Waals surface area contributed by atoms with Crippen molar-refractivity contribution in [2.45, 2.75) is 25.7 Å². The number of para-hydroxylation sites is 1. The number of aromatic amines is 1. The molecule has 2 aromatic carbocycles. The number of carbonyl (C=O) groups excluding carboxylic acids is 1. The summed E-state index contributed by atoms with van der Waals surface area (Å²) in [7, 11) is 1.65. The maximum absolute atomic E-state index is 11.9. The van der Waals surface area contributed by atoms with Crippen LogP contribution in [-0.2, 0) is 10.2 Å². The lowest BCUT2D eigenvalue weighted by molar-refractivity contribution is -0.117. The maximum Gasteiger partial charge on any atom is 0.225 e. The molecule has 122 valence electrons. The number of methoxy groups -OCH3 is 1. The van der Waals surface area contributed by atoms with E-state index in [2.05, 4.69) is 35.2 Å². The summed E-state index contributed by atoms with van der Waals surface area (Å²) < 4.78 is 5.43. The quantitative estimate of drug-likeness (QED) is 0.753. The van der Waals surface area contributed by atoms with E-state index in [9.17, 15) is 4.79 Å². The molecule has 3 aromatic rings. The van der Waals surface area contributed by atoms with Crippen LogP contribution in [0, 0.1) is 0 Å². The fraction of sp³-hybridized carbons (Fsp3) is 0.263. The highest BCUT2D eigenvalue weighted by Gasteiger charge is 2.32. The van der Waals surface area contributed by atoms with Gasteiger partial charge >= 0.3 is 0 Å². The summed E-state index contributed by atoms with van der Waals surface area (Å²) in [4.78, 5) is 20.0. The smallest absolute Gasteiger partial charge is 0.225 e. The molecule has 0 spiro atoms. The minimum atomic E-state index is -0.193. The minimum Gasteiger partial charge on any atom is -0.496 e. The number of H-pyrrole nitrogens is 1. The van der Waals surface area contributed by atoms with Gasteiger partial charge in [-0.25, -0.2) is 4.98 Å². The number of nitrogens with zero attached hydrogens (tertiary/aromatic N) is 1. The maximum atomic E-state index is 11.9. The van der Waals surface area contributed by atoms with Crippen LogP contribution in [0.15, 0.2) is 36.4 Å². The molecule has 4 rings (SSSR count). The molecule has 24 heavy (non-hydrogen) atoms. The van der Waals surface area contributed by atoms with Crippen molar-refractivity contribution in [2.75, 3.05) is 12.4 Å². The van der Waals surface area contributed by atoms with E-state index in [4.69, 9.17) is 4.74 Å². The van der Waals surface area contributed by atoms with Crippen LogP contribution in [-0.4, -0.2) is 23.0 Å². The number of amides is 1. The summed E-state index contributed by atoms with van der Waals surface area (Å²) in [5.74, 6) is 1.58. The largest absolute Gasteiger partial charge is 0.496 e. The average Bonchev–Trinajstić information content (AvgIpc) is 2.95. The molecule has 0 aliphatic carbocycles. The summed E-state index contributed by atoms with van der Waals surface area (Å²) in [6.07, 6.45) is 0.485. The summed E-state index contributed by atoms with van der Waals surface area (Å²) in [6.45, 7) is 4.18. The van der Waals surface area contributed by atoms with Gasteiger partial charge in [0.15, 0.2) is 0 Å². The molecule has 0 atom stereocenters. The first-order valence-corrected chi connectivity index (χ1v) is 7.95. The predicted molar refractivity (Wildman–Crippen MR) is 94.4 cm³/mol. The third kappa shape index (κ3) is 2.24. The van der Waals surface area contributed by atoms with Crippen LogP contribution in [0.3, 0.4) is 0 Å². The van der Waals surface area contributed by atoms with Crippen molar-refractivity contribution in [1.82, 2.24) is 9.97 Å². The van der Waals surface area contributed by atoms with Gasteiger partial charge < -0.3 is 15.0 Å². The van der Waals surface area contributed by atoms with Crippen LogP contribution in [0.25, 0.3) is 22.4 Å². The number of nitrogens with one attached hydrogen (secondary N) is 2. The van der Waals surface area contributed by atoms with E-state index >= 15 is 0 Å². The van der Waals surface area contributed by atoms with Crippen molar-refractivity contribution in [1.29, 1.82) is 0 Å². The van der Waals surface area contributed by atoms with Gasteiger partial charge in [-0.2, -0.15) is 0 Å². The number of hydrogen-bond acceptors (Lipinski definition) is 3. The van der Waals surface area contributed by atoms with E-state index in [1.165, 1.54) is 0 Å². The van der Waals surface area contributed by atoms with Crippen LogP contribution in [0.4, 0.5) is 5.69 Å². The van der Waals surface area contributed by atoms with Gasteiger partial charge in [0.2, 0.25) is 5.91 Å². The minimum absolute atomic E-state index is 0.0485. The highest BCUT2D eigenvalue weighted by molar-refractivity contribution is 5.98. The first-order chi connectivity index (χ1) is 11.5. The van der Waals surface area contributed by atoms with Gasteiger partial charge in [0, 0.05) is 17.5 Å². The first kappa shape index (κ1) is 14.8. The van der Waals surface area contributed by atoms with Crippen molar-refractivity contribution in [3.8, 4) is 17.1 Å². The number of imidazole rings is 1. The molecule has 1 amide bonds. The van der Waals surface area contributed by atoms with Gasteiger partial charge in [0.05, 0.1) is 23.7 Å². The Balaban J connectivity index is 1.90. The molecular weight excluding hydrogens is 302 g/mol. The predicted octanol–water partition coefficient (Wildman–Crippen LogP) is 3.86. The van der Waals surface area contributed by atoms with Gasteiger partial charge in [-0.05, 0) is 29.8 Å². The van der Waals surface area contributed by atoms with Gasteiger partial charge in [-0.3, -0.25) is 4.79 Å².